The van der Waals surface area contributed by atoms with E-state index in [2.05, 4.69) is 15.5 Å². The molecule has 1 unspecified atom stereocenters. The molecule has 1 saturated carbocycles. The van der Waals surface area contributed by atoms with E-state index in [1.807, 2.05) is 0 Å². The van der Waals surface area contributed by atoms with Crippen molar-refractivity contribution in [2.45, 2.75) is 50.3 Å². The van der Waals surface area contributed by atoms with Crippen LogP contribution in [0.5, 0.6) is 0 Å². The van der Waals surface area contributed by atoms with Crippen molar-refractivity contribution in [3.05, 3.63) is 12.2 Å². The molecule has 1 saturated heterocycles. The van der Waals surface area contributed by atoms with E-state index in [0.29, 0.717) is 12.6 Å². The zero-order chi connectivity index (χ0) is 10.8. The number of hydrogen-bond acceptors (Lipinski definition) is 5. The molecule has 0 amide bonds. The SMILES string of the molecule is c1nc(CNC2CCOC3(CCC3)C2)no1. The van der Waals surface area contributed by atoms with Crippen LogP contribution in [0.1, 0.15) is 37.9 Å². The molecule has 5 nitrogen and oxygen atoms in total. The smallest absolute Gasteiger partial charge is 0.213 e. The fourth-order valence-electron chi connectivity index (χ4n) is 2.63. The van der Waals surface area contributed by atoms with E-state index in [1.165, 1.54) is 25.7 Å². The molecule has 16 heavy (non-hydrogen) atoms. The number of hydrogen-bond donors (Lipinski definition) is 1. The molecule has 1 N–H and O–H groups in total. The van der Waals surface area contributed by atoms with Gasteiger partial charge < -0.3 is 14.6 Å². The van der Waals surface area contributed by atoms with Crippen molar-refractivity contribution in [2.75, 3.05) is 6.61 Å². The molecule has 2 fully saturated rings. The fourth-order valence-corrected chi connectivity index (χ4v) is 2.63. The van der Waals surface area contributed by atoms with Crippen LogP contribution in [0.2, 0.25) is 0 Å². The van der Waals surface area contributed by atoms with Crippen molar-refractivity contribution in [2.24, 2.45) is 0 Å². The van der Waals surface area contributed by atoms with Crippen LogP contribution in [0, 0.1) is 0 Å². The normalized spacial score (nSPS) is 27.9. The van der Waals surface area contributed by atoms with Crippen LogP contribution in [0.3, 0.4) is 0 Å². The van der Waals surface area contributed by atoms with Gasteiger partial charge in [0.2, 0.25) is 6.39 Å². The quantitative estimate of drug-likeness (QED) is 0.836. The van der Waals surface area contributed by atoms with Gasteiger partial charge in [0.1, 0.15) is 0 Å². The zero-order valence-corrected chi connectivity index (χ0v) is 9.32. The molecule has 3 rings (SSSR count). The zero-order valence-electron chi connectivity index (χ0n) is 9.32. The van der Waals surface area contributed by atoms with Gasteiger partial charge in [0, 0.05) is 12.6 Å². The summed E-state index contributed by atoms with van der Waals surface area (Å²) in [6.07, 6.45) is 7.36. The van der Waals surface area contributed by atoms with E-state index in [0.717, 1.165) is 25.3 Å². The van der Waals surface area contributed by atoms with Gasteiger partial charge in [-0.1, -0.05) is 5.16 Å². The van der Waals surface area contributed by atoms with Crippen LogP contribution in [-0.4, -0.2) is 28.4 Å². The maximum Gasteiger partial charge on any atom is 0.213 e. The van der Waals surface area contributed by atoms with Gasteiger partial charge >= 0.3 is 0 Å². The molecule has 2 heterocycles. The first kappa shape index (κ1) is 10.2. The van der Waals surface area contributed by atoms with Crippen LogP contribution < -0.4 is 5.32 Å². The minimum atomic E-state index is 0.202. The number of rotatable bonds is 3. The minimum Gasteiger partial charge on any atom is -0.375 e. The summed E-state index contributed by atoms with van der Waals surface area (Å²) in [6, 6.07) is 0.535. The summed E-state index contributed by atoms with van der Waals surface area (Å²) in [7, 11) is 0. The van der Waals surface area contributed by atoms with Crippen LogP contribution in [-0.2, 0) is 11.3 Å². The Balaban J connectivity index is 1.51. The van der Waals surface area contributed by atoms with Gasteiger partial charge in [-0.25, -0.2) is 0 Å². The van der Waals surface area contributed by atoms with Crippen molar-refractivity contribution in [1.82, 2.24) is 15.5 Å². The lowest BCUT2D eigenvalue weighted by atomic mass is 9.74. The summed E-state index contributed by atoms with van der Waals surface area (Å²) < 4.78 is 10.6. The maximum atomic E-state index is 5.88. The Labute approximate surface area is 94.6 Å². The lowest BCUT2D eigenvalue weighted by Gasteiger charge is -2.47. The second kappa shape index (κ2) is 4.14. The molecule has 1 aliphatic carbocycles. The standard InChI is InChI=1S/C11H17N3O2/c1-3-11(4-1)6-9(2-5-15-11)12-7-10-13-8-16-14-10/h8-9,12H,1-7H2. The Morgan fingerprint density at radius 2 is 2.44 bits per heavy atom. The summed E-state index contributed by atoms with van der Waals surface area (Å²) in [4.78, 5) is 4.00. The van der Waals surface area contributed by atoms with E-state index >= 15 is 0 Å². The van der Waals surface area contributed by atoms with Gasteiger partial charge in [0.15, 0.2) is 5.82 Å². The Bertz CT molecular complexity index is 335. The third kappa shape index (κ3) is 1.97. The van der Waals surface area contributed by atoms with Crippen molar-refractivity contribution in [1.29, 1.82) is 0 Å². The van der Waals surface area contributed by atoms with Gasteiger partial charge in [0.05, 0.1) is 12.1 Å². The maximum absolute atomic E-state index is 5.88. The van der Waals surface area contributed by atoms with Gasteiger partial charge in [-0.15, -0.1) is 0 Å². The van der Waals surface area contributed by atoms with Gasteiger partial charge in [-0.05, 0) is 32.1 Å². The van der Waals surface area contributed by atoms with E-state index in [4.69, 9.17) is 9.26 Å². The molecule has 0 aromatic carbocycles. The highest BCUT2D eigenvalue weighted by molar-refractivity contribution is 4.96. The summed E-state index contributed by atoms with van der Waals surface area (Å²) in [5.41, 5.74) is 0.202. The second-order valence-corrected chi connectivity index (χ2v) is 4.80. The molecule has 88 valence electrons. The van der Waals surface area contributed by atoms with Gasteiger partial charge in [-0.2, -0.15) is 4.98 Å². The molecular weight excluding hydrogens is 206 g/mol. The predicted molar refractivity (Wildman–Crippen MR) is 56.7 cm³/mol. The van der Waals surface area contributed by atoms with Crippen LogP contribution >= 0.6 is 0 Å². The van der Waals surface area contributed by atoms with Crippen molar-refractivity contribution in [3.63, 3.8) is 0 Å². The average Bonchev–Trinajstić information content (AvgIpc) is 2.77. The second-order valence-electron chi connectivity index (χ2n) is 4.80. The van der Waals surface area contributed by atoms with E-state index in [1.54, 1.807) is 0 Å². The minimum absolute atomic E-state index is 0.202. The number of nitrogens with one attached hydrogen (secondary N) is 1. The van der Waals surface area contributed by atoms with Crippen molar-refractivity contribution < 1.29 is 9.26 Å². The van der Waals surface area contributed by atoms with Crippen molar-refractivity contribution in [3.8, 4) is 0 Å². The molecule has 0 radical (unpaired) electrons. The largest absolute Gasteiger partial charge is 0.375 e. The molecule has 1 spiro atoms. The number of aromatic nitrogens is 2. The first-order valence-corrected chi connectivity index (χ1v) is 5.99. The Morgan fingerprint density at radius 1 is 1.50 bits per heavy atom. The molecule has 2 aliphatic rings. The summed E-state index contributed by atoms with van der Waals surface area (Å²) in [6.45, 7) is 1.57. The first-order chi connectivity index (χ1) is 7.86. The molecule has 1 aromatic rings. The van der Waals surface area contributed by atoms with E-state index in [-0.39, 0.29) is 5.60 Å². The summed E-state index contributed by atoms with van der Waals surface area (Å²) in [5.74, 6) is 0.731. The lowest BCUT2D eigenvalue weighted by molar-refractivity contribution is -0.135. The first-order valence-electron chi connectivity index (χ1n) is 5.99. The Hall–Kier alpha value is -0.940. The monoisotopic (exact) mass is 223 g/mol. The summed E-state index contributed by atoms with van der Waals surface area (Å²) >= 11 is 0. The Morgan fingerprint density at radius 3 is 3.12 bits per heavy atom. The van der Waals surface area contributed by atoms with Crippen LogP contribution in [0.25, 0.3) is 0 Å². The fraction of sp³-hybridized carbons (Fsp3) is 0.818. The lowest BCUT2D eigenvalue weighted by Crippen LogP contribution is -2.50. The summed E-state index contributed by atoms with van der Waals surface area (Å²) in [5, 5.41) is 7.27. The third-order valence-electron chi connectivity index (χ3n) is 3.71. The highest BCUT2D eigenvalue weighted by Crippen LogP contribution is 2.42. The Kier molecular flexibility index (Phi) is 2.65. The highest BCUT2D eigenvalue weighted by atomic mass is 16.5. The average molecular weight is 223 g/mol. The highest BCUT2D eigenvalue weighted by Gasteiger charge is 2.42. The van der Waals surface area contributed by atoms with E-state index < -0.39 is 0 Å². The molecule has 1 aromatic heterocycles. The van der Waals surface area contributed by atoms with Crippen LogP contribution in [0.4, 0.5) is 0 Å². The van der Waals surface area contributed by atoms with E-state index in [9.17, 15) is 0 Å². The van der Waals surface area contributed by atoms with Crippen molar-refractivity contribution >= 4 is 0 Å². The van der Waals surface area contributed by atoms with Gasteiger partial charge in [-0.3, -0.25) is 0 Å². The number of ether oxygens (including phenoxy) is 1. The molecular formula is C11H17N3O2. The third-order valence-corrected chi connectivity index (χ3v) is 3.71. The topological polar surface area (TPSA) is 60.2 Å². The van der Waals surface area contributed by atoms with Crippen LogP contribution in [0.15, 0.2) is 10.9 Å². The number of nitrogens with zero attached hydrogens (tertiary/aromatic N) is 2. The molecule has 1 atom stereocenters. The molecule has 0 bridgehead atoms. The predicted octanol–water partition coefficient (Wildman–Crippen LogP) is 1.26. The van der Waals surface area contributed by atoms with Gasteiger partial charge in [0.25, 0.3) is 0 Å². The molecule has 5 heteroatoms. The molecule has 1 aliphatic heterocycles.